The van der Waals surface area contributed by atoms with Gasteiger partial charge in [0.25, 0.3) is 0 Å². The molecule has 0 bridgehead atoms. The Kier molecular flexibility index (Phi) is 5.07. The molecular weight excluding hydrogens is 599 g/mol. The molecule has 1 heterocycles. The zero-order chi connectivity index (χ0) is 36.0. The number of para-hydroxylation sites is 1. The molecule has 224 valence electrons. The minimum absolute atomic E-state index is 0.190. The Hall–Kier alpha value is -5.96. The molecule has 2 heteroatoms. The molecule has 0 radical (unpaired) electrons. The summed E-state index contributed by atoms with van der Waals surface area (Å²) in [5, 5.41) is 7.71. The number of hydrogen-bond donors (Lipinski definition) is 0. The van der Waals surface area contributed by atoms with Gasteiger partial charge < -0.3 is 4.90 Å². The molecule has 0 atom stereocenters. The SMILES string of the molecule is [2H]c1c([2H])c([2H])c(-c2ccc3cc4c(cc3c2)-c2cc3ccc(N(c5ccccc5)c5ccc6sccc6c5-c5ccccc5)cc3cc2-4)c([2H])c1[2H]. The highest BCUT2D eigenvalue weighted by atomic mass is 32.1. The molecule has 0 fully saturated rings. The van der Waals surface area contributed by atoms with Gasteiger partial charge in [0, 0.05) is 27.0 Å². The van der Waals surface area contributed by atoms with Crippen molar-refractivity contribution >= 4 is 60.0 Å². The van der Waals surface area contributed by atoms with Crippen LogP contribution in [-0.2, 0) is 0 Å². The van der Waals surface area contributed by atoms with Crippen LogP contribution < -0.4 is 4.90 Å². The van der Waals surface area contributed by atoms with Crippen molar-refractivity contribution in [3.8, 4) is 44.5 Å². The molecule has 0 spiro atoms. The molecule has 1 aliphatic rings. The average molecular weight is 633 g/mol. The summed E-state index contributed by atoms with van der Waals surface area (Å²) >= 11 is 1.76. The third kappa shape index (κ3) is 4.31. The monoisotopic (exact) mass is 632 g/mol. The van der Waals surface area contributed by atoms with Gasteiger partial charge in [-0.05, 0) is 139 Å². The average Bonchev–Trinajstić information content (AvgIpc) is 3.68. The quantitative estimate of drug-likeness (QED) is 0.182. The highest BCUT2D eigenvalue weighted by Gasteiger charge is 2.25. The molecule has 10 rings (SSSR count). The Labute approximate surface area is 290 Å². The standard InChI is InChI=1S/C46H29NS/c1-4-10-30(11-5-1)32-16-17-33-26-40-42(28-35(33)24-32)41-27-34-18-19-38(25-36(34)29-43(40)41)47(37-14-8-3-9-15-37)44-20-21-45-39(22-23-48-45)46(44)31-12-6-2-7-13-31/h1-29H/i1D,4D,5D,10D,11D. The summed E-state index contributed by atoms with van der Waals surface area (Å²) in [7, 11) is 0. The number of thiophene rings is 1. The lowest BCUT2D eigenvalue weighted by atomic mass is 9.77. The zero-order valence-electron chi connectivity index (χ0n) is 30.7. The summed E-state index contributed by atoms with van der Waals surface area (Å²) in [5.74, 6) is 0. The topological polar surface area (TPSA) is 3.24 Å². The third-order valence-electron chi connectivity index (χ3n) is 9.50. The summed E-state index contributed by atoms with van der Waals surface area (Å²) < 4.78 is 42.5. The van der Waals surface area contributed by atoms with Crippen LogP contribution in [-0.4, -0.2) is 0 Å². The van der Waals surface area contributed by atoms with Crippen LogP contribution in [0.15, 0.2) is 175 Å². The molecular formula is C46H29NS. The number of hydrogen-bond acceptors (Lipinski definition) is 2. The van der Waals surface area contributed by atoms with E-state index in [0.717, 1.165) is 44.2 Å². The first kappa shape index (κ1) is 22.5. The van der Waals surface area contributed by atoms with E-state index < -0.39 is 0 Å². The van der Waals surface area contributed by atoms with Gasteiger partial charge in [0.2, 0.25) is 0 Å². The Balaban J connectivity index is 1.09. The first-order chi connectivity index (χ1) is 25.9. The minimum Gasteiger partial charge on any atom is -0.310 e. The smallest absolute Gasteiger partial charge is 0.0629 e. The van der Waals surface area contributed by atoms with E-state index in [2.05, 4.69) is 132 Å². The number of rotatable bonds is 5. The van der Waals surface area contributed by atoms with Crippen LogP contribution in [0, 0.1) is 0 Å². The van der Waals surface area contributed by atoms with Gasteiger partial charge in [-0.25, -0.2) is 0 Å². The summed E-state index contributed by atoms with van der Waals surface area (Å²) in [4.78, 5) is 2.37. The van der Waals surface area contributed by atoms with Crippen LogP contribution in [0.2, 0.25) is 0 Å². The fraction of sp³-hybridized carbons (Fsp3) is 0. The Bertz CT molecular complexity index is 2930. The van der Waals surface area contributed by atoms with Crippen molar-refractivity contribution in [3.63, 3.8) is 0 Å². The van der Waals surface area contributed by atoms with Crippen LogP contribution in [0.3, 0.4) is 0 Å². The van der Waals surface area contributed by atoms with Crippen LogP contribution in [0.25, 0.3) is 76.1 Å². The molecule has 0 amide bonds. The third-order valence-corrected chi connectivity index (χ3v) is 10.4. The molecule has 0 saturated carbocycles. The van der Waals surface area contributed by atoms with Crippen molar-refractivity contribution in [3.05, 3.63) is 175 Å². The van der Waals surface area contributed by atoms with E-state index in [0.29, 0.717) is 5.56 Å². The van der Waals surface area contributed by atoms with Crippen molar-refractivity contribution in [2.75, 3.05) is 4.90 Å². The number of benzene rings is 8. The lowest BCUT2D eigenvalue weighted by Gasteiger charge is -2.29. The molecule has 1 nitrogen and oxygen atoms in total. The minimum atomic E-state index is -0.383. The maximum absolute atomic E-state index is 8.48. The second-order valence-electron chi connectivity index (χ2n) is 12.2. The Morgan fingerprint density at radius 2 is 1.10 bits per heavy atom. The lowest BCUT2D eigenvalue weighted by Crippen LogP contribution is -2.11. The summed E-state index contributed by atoms with van der Waals surface area (Å²) in [6.07, 6.45) is 0. The summed E-state index contributed by atoms with van der Waals surface area (Å²) in [5.41, 5.74) is 11.2. The number of anilines is 3. The van der Waals surface area contributed by atoms with E-state index in [-0.39, 0.29) is 35.8 Å². The molecule has 9 aromatic rings. The maximum atomic E-state index is 8.48. The van der Waals surface area contributed by atoms with Crippen LogP contribution in [0.4, 0.5) is 17.1 Å². The van der Waals surface area contributed by atoms with Crippen LogP contribution >= 0.6 is 11.3 Å². The molecule has 1 aromatic heterocycles. The Morgan fingerprint density at radius 3 is 1.83 bits per heavy atom. The van der Waals surface area contributed by atoms with E-state index in [1.807, 2.05) is 18.2 Å². The highest BCUT2D eigenvalue weighted by molar-refractivity contribution is 7.17. The lowest BCUT2D eigenvalue weighted by molar-refractivity contribution is 1.29. The maximum Gasteiger partial charge on any atom is 0.0629 e. The van der Waals surface area contributed by atoms with Crippen molar-refractivity contribution in [2.45, 2.75) is 0 Å². The van der Waals surface area contributed by atoms with Crippen molar-refractivity contribution in [2.24, 2.45) is 0 Å². The predicted octanol–water partition coefficient (Wildman–Crippen LogP) is 13.7. The number of nitrogens with zero attached hydrogens (tertiary/aromatic N) is 1. The van der Waals surface area contributed by atoms with Gasteiger partial charge in [-0.3, -0.25) is 0 Å². The largest absolute Gasteiger partial charge is 0.310 e. The molecule has 48 heavy (non-hydrogen) atoms. The van der Waals surface area contributed by atoms with E-state index >= 15 is 0 Å². The highest BCUT2D eigenvalue weighted by Crippen LogP contribution is 2.51. The van der Waals surface area contributed by atoms with E-state index in [1.165, 1.54) is 37.9 Å². The van der Waals surface area contributed by atoms with Gasteiger partial charge in [0.05, 0.1) is 12.5 Å². The second-order valence-corrected chi connectivity index (χ2v) is 13.2. The molecule has 0 unspecified atom stereocenters. The van der Waals surface area contributed by atoms with Gasteiger partial charge >= 0.3 is 0 Å². The van der Waals surface area contributed by atoms with Crippen molar-refractivity contribution in [1.29, 1.82) is 0 Å². The molecule has 1 aliphatic carbocycles. The second kappa shape index (κ2) is 10.8. The molecule has 0 aliphatic heterocycles. The van der Waals surface area contributed by atoms with Gasteiger partial charge in [-0.1, -0.05) is 96.9 Å². The van der Waals surface area contributed by atoms with Crippen molar-refractivity contribution in [1.82, 2.24) is 0 Å². The normalized spacial score (nSPS) is 13.2. The number of fused-ring (bicyclic) bond motifs is 7. The molecule has 8 aromatic carbocycles. The Morgan fingerprint density at radius 1 is 0.458 bits per heavy atom. The summed E-state index contributed by atoms with van der Waals surface area (Å²) in [6.45, 7) is 0. The van der Waals surface area contributed by atoms with E-state index in [4.69, 9.17) is 6.85 Å². The fourth-order valence-electron chi connectivity index (χ4n) is 7.23. The van der Waals surface area contributed by atoms with Crippen molar-refractivity contribution < 1.29 is 6.85 Å². The van der Waals surface area contributed by atoms with Gasteiger partial charge in [-0.2, -0.15) is 0 Å². The van der Waals surface area contributed by atoms with E-state index in [1.54, 1.807) is 11.3 Å². The first-order valence-electron chi connectivity index (χ1n) is 18.5. The molecule has 0 N–H and O–H groups in total. The predicted molar refractivity (Wildman–Crippen MR) is 207 cm³/mol. The van der Waals surface area contributed by atoms with Gasteiger partial charge in [0.15, 0.2) is 0 Å². The molecule has 0 saturated heterocycles. The first-order valence-corrected chi connectivity index (χ1v) is 16.9. The van der Waals surface area contributed by atoms with Crippen LogP contribution in [0.5, 0.6) is 0 Å². The zero-order valence-corrected chi connectivity index (χ0v) is 26.5. The van der Waals surface area contributed by atoms with Gasteiger partial charge in [0.1, 0.15) is 0 Å². The van der Waals surface area contributed by atoms with E-state index in [9.17, 15) is 0 Å². The van der Waals surface area contributed by atoms with Gasteiger partial charge in [-0.15, -0.1) is 11.3 Å². The fourth-order valence-corrected chi connectivity index (χ4v) is 8.03. The summed E-state index contributed by atoms with van der Waals surface area (Å²) in [6, 6.07) is 47.9. The van der Waals surface area contributed by atoms with Crippen LogP contribution in [0.1, 0.15) is 6.85 Å².